The summed E-state index contributed by atoms with van der Waals surface area (Å²) in [6.07, 6.45) is -0.729. The molecule has 0 aliphatic carbocycles. The van der Waals surface area contributed by atoms with Gasteiger partial charge in [0.1, 0.15) is 5.69 Å². The van der Waals surface area contributed by atoms with E-state index in [1.165, 1.54) is 0 Å². The van der Waals surface area contributed by atoms with E-state index in [0.29, 0.717) is 22.5 Å². The van der Waals surface area contributed by atoms with Crippen LogP contribution < -0.4 is 10.8 Å². The van der Waals surface area contributed by atoms with Crippen molar-refractivity contribution in [2.24, 2.45) is 0 Å². The Morgan fingerprint density at radius 1 is 1.07 bits per heavy atom. The van der Waals surface area contributed by atoms with Gasteiger partial charge in [0.25, 0.3) is 0 Å². The van der Waals surface area contributed by atoms with Crippen molar-refractivity contribution in [3.8, 4) is 0 Å². The first-order chi connectivity index (χ1) is 12.3. The molecule has 1 aliphatic heterocycles. The van der Waals surface area contributed by atoms with E-state index in [2.05, 4.69) is 10.3 Å². The topological polar surface area (TPSA) is 76.5 Å². The van der Waals surface area contributed by atoms with E-state index in [-0.39, 0.29) is 5.54 Å². The Kier molecular flexibility index (Phi) is 4.78. The van der Waals surface area contributed by atoms with Crippen molar-refractivity contribution in [2.75, 3.05) is 5.32 Å². The lowest BCUT2D eigenvalue weighted by Crippen LogP contribution is -2.41. The molecule has 0 radical (unpaired) electrons. The van der Waals surface area contributed by atoms with Crippen molar-refractivity contribution in [1.29, 1.82) is 0 Å². The lowest BCUT2D eigenvalue weighted by Gasteiger charge is -2.32. The molecule has 6 nitrogen and oxygen atoms in total. The van der Waals surface area contributed by atoms with Crippen LogP contribution in [-0.4, -0.2) is 38.9 Å². The van der Waals surface area contributed by atoms with Gasteiger partial charge in [-0.25, -0.2) is 9.97 Å². The zero-order valence-corrected chi connectivity index (χ0v) is 17.5. The number of nitrogens with one attached hydrogen (secondary N) is 1. The second-order valence-electron chi connectivity index (χ2n) is 9.31. The van der Waals surface area contributed by atoms with Crippen LogP contribution in [0.1, 0.15) is 67.2 Å². The number of anilines is 1. The fourth-order valence-corrected chi connectivity index (χ4v) is 3.01. The van der Waals surface area contributed by atoms with E-state index < -0.39 is 24.4 Å². The van der Waals surface area contributed by atoms with Crippen LogP contribution in [0.15, 0.2) is 18.2 Å². The predicted octanol–water partition coefficient (Wildman–Crippen LogP) is 3.19. The Morgan fingerprint density at radius 2 is 1.67 bits per heavy atom. The number of benzene rings is 1. The largest absolute Gasteiger partial charge is 0.497 e. The van der Waals surface area contributed by atoms with Crippen LogP contribution in [0.2, 0.25) is 0 Å². The Labute approximate surface area is 161 Å². The van der Waals surface area contributed by atoms with E-state index in [0.717, 1.165) is 5.46 Å². The number of hydrogen-bond acceptors (Lipinski definition) is 6. The molecule has 2 heterocycles. The summed E-state index contributed by atoms with van der Waals surface area (Å²) in [7, 11) is -0.520. The van der Waals surface area contributed by atoms with Crippen molar-refractivity contribution in [3.05, 3.63) is 23.9 Å². The van der Waals surface area contributed by atoms with Crippen LogP contribution in [0.5, 0.6) is 0 Å². The van der Waals surface area contributed by atoms with Crippen LogP contribution >= 0.6 is 0 Å². The molecule has 7 heteroatoms. The van der Waals surface area contributed by atoms with Gasteiger partial charge in [-0.2, -0.15) is 0 Å². The maximum Gasteiger partial charge on any atom is 0.497 e. The smallest absolute Gasteiger partial charge is 0.399 e. The average Bonchev–Trinajstić information content (AvgIpc) is 2.72. The second kappa shape index (κ2) is 6.43. The van der Waals surface area contributed by atoms with Gasteiger partial charge in [0.2, 0.25) is 0 Å². The fourth-order valence-electron chi connectivity index (χ4n) is 3.01. The Bertz CT molecular complexity index is 843. The number of hydrogen-bond donors (Lipinski definition) is 2. The molecule has 2 N–H and O–H groups in total. The maximum absolute atomic E-state index is 10.2. The van der Waals surface area contributed by atoms with Gasteiger partial charge in [-0.15, -0.1) is 0 Å². The van der Waals surface area contributed by atoms with Gasteiger partial charge >= 0.3 is 7.12 Å². The summed E-state index contributed by atoms with van der Waals surface area (Å²) in [5.74, 6) is 0.578. The van der Waals surface area contributed by atoms with Gasteiger partial charge in [0.15, 0.2) is 5.82 Å². The molecule has 1 saturated heterocycles. The van der Waals surface area contributed by atoms with Gasteiger partial charge in [-0.05, 0) is 61.5 Å². The molecule has 146 valence electrons. The molecule has 2 aromatic rings. The number of nitrogens with zero attached hydrogens (tertiary/aromatic N) is 2. The molecule has 1 aliphatic rings. The molecular weight excluding hydrogens is 341 g/mol. The van der Waals surface area contributed by atoms with Crippen molar-refractivity contribution in [3.63, 3.8) is 0 Å². The Morgan fingerprint density at radius 3 is 2.19 bits per heavy atom. The minimum Gasteiger partial charge on any atom is -0.399 e. The minimum absolute atomic E-state index is 0.217. The van der Waals surface area contributed by atoms with Crippen LogP contribution in [0.3, 0.4) is 0 Å². The number of fused-ring (bicyclic) bond motifs is 1. The molecule has 3 rings (SSSR count). The predicted molar refractivity (Wildman–Crippen MR) is 109 cm³/mol. The summed E-state index contributed by atoms with van der Waals surface area (Å²) in [5.41, 5.74) is 1.71. The van der Waals surface area contributed by atoms with Gasteiger partial charge in [-0.1, -0.05) is 12.1 Å². The molecule has 0 saturated carbocycles. The highest BCUT2D eigenvalue weighted by atomic mass is 16.7. The standard InChI is InChI=1S/C20H30BN3O3/c1-12(25)15-17(24-18(2,3)4)23-16-13(10-9-11-14(16)22-15)21-26-19(5,6)20(7,8)27-21/h9-12,25H,1-8H3,(H,23,24). The number of rotatable bonds is 3. The van der Waals surface area contributed by atoms with Crippen LogP contribution in [0.4, 0.5) is 5.82 Å². The molecule has 1 aromatic carbocycles. The molecule has 1 atom stereocenters. The quantitative estimate of drug-likeness (QED) is 0.807. The third-order valence-corrected chi connectivity index (χ3v) is 5.15. The summed E-state index contributed by atoms with van der Waals surface area (Å²) in [6, 6.07) is 5.77. The van der Waals surface area contributed by atoms with Gasteiger partial charge in [0.05, 0.1) is 28.3 Å². The van der Waals surface area contributed by atoms with Crippen molar-refractivity contribution >= 4 is 29.4 Å². The van der Waals surface area contributed by atoms with E-state index >= 15 is 0 Å². The fraction of sp³-hybridized carbons (Fsp3) is 0.600. The van der Waals surface area contributed by atoms with Crippen LogP contribution in [0, 0.1) is 0 Å². The van der Waals surface area contributed by atoms with Crippen molar-refractivity contribution < 1.29 is 14.4 Å². The van der Waals surface area contributed by atoms with Crippen LogP contribution in [0.25, 0.3) is 11.0 Å². The highest BCUT2D eigenvalue weighted by Gasteiger charge is 2.52. The van der Waals surface area contributed by atoms with Gasteiger partial charge in [-0.3, -0.25) is 0 Å². The number of aliphatic hydroxyl groups excluding tert-OH is 1. The van der Waals surface area contributed by atoms with E-state index in [1.54, 1.807) is 6.92 Å². The van der Waals surface area contributed by atoms with E-state index in [1.807, 2.05) is 66.7 Å². The summed E-state index contributed by atoms with van der Waals surface area (Å²) in [6.45, 7) is 16.0. The van der Waals surface area contributed by atoms with Gasteiger partial charge in [0, 0.05) is 11.0 Å². The highest BCUT2D eigenvalue weighted by molar-refractivity contribution is 6.64. The monoisotopic (exact) mass is 371 g/mol. The lowest BCUT2D eigenvalue weighted by atomic mass is 9.78. The number of para-hydroxylation sites is 1. The van der Waals surface area contributed by atoms with E-state index in [9.17, 15) is 5.11 Å². The number of aromatic nitrogens is 2. The third kappa shape index (κ3) is 3.81. The molecule has 0 spiro atoms. The average molecular weight is 371 g/mol. The molecule has 1 aromatic heterocycles. The summed E-state index contributed by atoms with van der Waals surface area (Å²) in [5, 5.41) is 13.5. The number of aliphatic hydroxyl groups is 1. The van der Waals surface area contributed by atoms with Crippen LogP contribution in [-0.2, 0) is 9.31 Å². The zero-order chi connectivity index (χ0) is 20.2. The summed E-state index contributed by atoms with van der Waals surface area (Å²) >= 11 is 0. The first-order valence-electron chi connectivity index (χ1n) is 9.43. The highest BCUT2D eigenvalue weighted by Crippen LogP contribution is 2.37. The Hall–Kier alpha value is -1.70. The zero-order valence-electron chi connectivity index (χ0n) is 17.5. The minimum atomic E-state index is -0.729. The molecular formula is C20H30BN3O3. The second-order valence-corrected chi connectivity index (χ2v) is 9.31. The third-order valence-electron chi connectivity index (χ3n) is 5.15. The summed E-state index contributed by atoms with van der Waals surface area (Å²) < 4.78 is 12.4. The first kappa shape index (κ1) is 20.0. The lowest BCUT2D eigenvalue weighted by molar-refractivity contribution is 0.00578. The summed E-state index contributed by atoms with van der Waals surface area (Å²) in [4.78, 5) is 9.51. The molecule has 1 unspecified atom stereocenters. The molecule has 0 bridgehead atoms. The van der Waals surface area contributed by atoms with E-state index in [4.69, 9.17) is 14.3 Å². The van der Waals surface area contributed by atoms with Crippen molar-refractivity contribution in [1.82, 2.24) is 9.97 Å². The Balaban J connectivity index is 2.14. The normalized spacial score (nSPS) is 20.1. The molecule has 27 heavy (non-hydrogen) atoms. The molecule has 1 fully saturated rings. The maximum atomic E-state index is 10.2. The van der Waals surface area contributed by atoms with Gasteiger partial charge < -0.3 is 19.7 Å². The molecule has 0 amide bonds. The first-order valence-corrected chi connectivity index (χ1v) is 9.43. The van der Waals surface area contributed by atoms with Crippen molar-refractivity contribution in [2.45, 2.75) is 78.2 Å². The SMILES string of the molecule is CC(O)c1nc2cccc(B3OC(C)(C)C(C)(C)O3)c2nc1NC(C)(C)C.